The van der Waals surface area contributed by atoms with E-state index in [1.807, 2.05) is 0 Å². The van der Waals surface area contributed by atoms with Crippen LogP contribution in [0.3, 0.4) is 0 Å². The van der Waals surface area contributed by atoms with Gasteiger partial charge in [0.25, 0.3) is 0 Å². The van der Waals surface area contributed by atoms with E-state index >= 15 is 0 Å². The molecule has 0 spiro atoms. The number of aliphatic hydroxyl groups is 7. The molecular formula is C85H159NO10. The lowest BCUT2D eigenvalue weighted by Gasteiger charge is -2.40. The van der Waals surface area contributed by atoms with Crippen LogP contribution in [-0.2, 0) is 14.3 Å². The summed E-state index contributed by atoms with van der Waals surface area (Å²) in [5, 5.41) is 76.7. The lowest BCUT2D eigenvalue weighted by molar-refractivity contribution is -0.303. The maximum absolute atomic E-state index is 13.3. The summed E-state index contributed by atoms with van der Waals surface area (Å²) >= 11 is 0. The van der Waals surface area contributed by atoms with Crippen LogP contribution in [0.4, 0.5) is 0 Å². The van der Waals surface area contributed by atoms with Crippen molar-refractivity contribution >= 4 is 5.91 Å². The Hall–Kier alpha value is -2.19. The van der Waals surface area contributed by atoms with E-state index in [2.05, 4.69) is 79.9 Å². The van der Waals surface area contributed by atoms with Crippen molar-refractivity contribution < 1.29 is 50.0 Å². The van der Waals surface area contributed by atoms with Gasteiger partial charge in [-0.3, -0.25) is 4.79 Å². The summed E-state index contributed by atoms with van der Waals surface area (Å²) in [6, 6.07) is -1.20. The highest BCUT2D eigenvalue weighted by Gasteiger charge is 2.44. The second-order valence-electron chi connectivity index (χ2n) is 29.2. The lowest BCUT2D eigenvalue weighted by Crippen LogP contribution is -2.60. The highest BCUT2D eigenvalue weighted by molar-refractivity contribution is 5.80. The van der Waals surface area contributed by atoms with Crippen LogP contribution in [0, 0.1) is 0 Å². The third kappa shape index (κ3) is 58.5. The molecule has 0 bridgehead atoms. The number of allylic oxidation sites excluding steroid dienone is 10. The molecule has 1 rings (SSSR count). The molecule has 0 saturated carbocycles. The Morgan fingerprint density at radius 2 is 0.656 bits per heavy atom. The quantitative estimate of drug-likeness (QED) is 0.0215. The van der Waals surface area contributed by atoms with E-state index < -0.39 is 74.2 Å². The number of carbonyl (C=O) groups excluding carboxylic acids is 1. The highest BCUT2D eigenvalue weighted by Crippen LogP contribution is 2.24. The molecule has 0 radical (unpaired) electrons. The number of amides is 1. The summed E-state index contributed by atoms with van der Waals surface area (Å²) in [4.78, 5) is 13.3. The minimum Gasteiger partial charge on any atom is -0.394 e. The van der Waals surface area contributed by atoms with E-state index in [9.17, 15) is 40.5 Å². The van der Waals surface area contributed by atoms with Crippen LogP contribution in [0.25, 0.3) is 0 Å². The average Bonchev–Trinajstić information content (AvgIpc) is 0.847. The molecule has 9 atom stereocenters. The number of unbranched alkanes of at least 4 members (excludes halogenated alkanes) is 52. The van der Waals surface area contributed by atoms with Crippen molar-refractivity contribution in [1.82, 2.24) is 5.32 Å². The summed E-state index contributed by atoms with van der Waals surface area (Å²) < 4.78 is 11.2. The zero-order valence-electron chi connectivity index (χ0n) is 62.9. The van der Waals surface area contributed by atoms with Crippen LogP contribution in [0.1, 0.15) is 406 Å². The molecule has 0 aromatic carbocycles. The van der Waals surface area contributed by atoms with Crippen LogP contribution >= 0.6 is 0 Å². The molecule has 96 heavy (non-hydrogen) atoms. The number of rotatable bonds is 74. The van der Waals surface area contributed by atoms with Crippen LogP contribution in [0.5, 0.6) is 0 Å². The van der Waals surface area contributed by atoms with Crippen molar-refractivity contribution in [3.63, 3.8) is 0 Å². The highest BCUT2D eigenvalue weighted by atomic mass is 16.7. The molecule has 1 amide bonds. The minimum atomic E-state index is -1.68. The first kappa shape index (κ1) is 91.8. The van der Waals surface area contributed by atoms with Gasteiger partial charge in [-0.15, -0.1) is 0 Å². The minimum absolute atomic E-state index is 0.241. The van der Waals surface area contributed by atoms with E-state index in [1.165, 1.54) is 308 Å². The summed E-state index contributed by atoms with van der Waals surface area (Å²) in [5.74, 6) is -0.708. The van der Waals surface area contributed by atoms with E-state index in [-0.39, 0.29) is 12.8 Å². The Balaban J connectivity index is 2.15. The second kappa shape index (κ2) is 72.6. The number of hydrogen-bond acceptors (Lipinski definition) is 10. The van der Waals surface area contributed by atoms with E-state index in [4.69, 9.17) is 9.47 Å². The maximum atomic E-state index is 13.3. The Bertz CT molecular complexity index is 1750. The maximum Gasteiger partial charge on any atom is 0.249 e. The van der Waals surface area contributed by atoms with Crippen LogP contribution in [0.15, 0.2) is 60.8 Å². The van der Waals surface area contributed by atoms with Crippen LogP contribution < -0.4 is 5.32 Å². The Morgan fingerprint density at radius 1 is 0.365 bits per heavy atom. The number of carbonyl (C=O) groups is 1. The number of nitrogens with one attached hydrogen (secondary N) is 1. The Kier molecular flexibility index (Phi) is 69.4. The van der Waals surface area contributed by atoms with Gasteiger partial charge in [0.2, 0.25) is 5.91 Å². The molecule has 1 saturated heterocycles. The van der Waals surface area contributed by atoms with Crippen LogP contribution in [-0.4, -0.2) is 110 Å². The molecule has 1 aliphatic heterocycles. The fraction of sp³-hybridized carbons (Fsp3) is 0.871. The first-order valence-electron chi connectivity index (χ1n) is 41.7. The van der Waals surface area contributed by atoms with Gasteiger partial charge in [0.15, 0.2) is 6.29 Å². The van der Waals surface area contributed by atoms with E-state index in [0.29, 0.717) is 19.3 Å². The summed E-state index contributed by atoms with van der Waals surface area (Å²) in [6.07, 6.45) is 87.9. The molecule has 1 aliphatic rings. The number of hydrogen-bond donors (Lipinski definition) is 8. The fourth-order valence-electron chi connectivity index (χ4n) is 13.4. The molecule has 1 heterocycles. The predicted molar refractivity (Wildman–Crippen MR) is 408 cm³/mol. The molecule has 0 aromatic rings. The first-order valence-corrected chi connectivity index (χ1v) is 41.7. The smallest absolute Gasteiger partial charge is 0.249 e. The van der Waals surface area contributed by atoms with Gasteiger partial charge in [-0.1, -0.05) is 370 Å². The SMILES string of the molecule is CCCCCCCCCCCCCCCCC/C=C\C/C=C\CCCCCCCCCCCCCCCCCCC(O)C(=O)NC(COC1OC(CO)C(O)C(O)C1O)C(O)C(O)CCC/C=C/CC/C=C/CC/C=C/CCCCCCCCCCCCCCCCCCCC. The lowest BCUT2D eigenvalue weighted by atomic mass is 9.98. The van der Waals surface area contributed by atoms with Gasteiger partial charge >= 0.3 is 0 Å². The summed E-state index contributed by atoms with van der Waals surface area (Å²) in [6.45, 7) is 3.50. The number of ether oxygens (including phenoxy) is 2. The van der Waals surface area contributed by atoms with Crippen molar-refractivity contribution in [1.29, 1.82) is 0 Å². The topological polar surface area (TPSA) is 189 Å². The Morgan fingerprint density at radius 3 is 0.990 bits per heavy atom. The zero-order chi connectivity index (χ0) is 69.5. The van der Waals surface area contributed by atoms with Gasteiger partial charge in [-0.25, -0.2) is 0 Å². The van der Waals surface area contributed by atoms with Crippen molar-refractivity contribution in [2.75, 3.05) is 13.2 Å². The van der Waals surface area contributed by atoms with Gasteiger partial charge in [0.05, 0.1) is 25.4 Å². The predicted octanol–water partition coefficient (Wildman–Crippen LogP) is 22.0. The van der Waals surface area contributed by atoms with Gasteiger partial charge < -0.3 is 50.5 Å². The molecule has 1 fully saturated rings. The van der Waals surface area contributed by atoms with E-state index in [0.717, 1.165) is 51.4 Å². The third-order valence-corrected chi connectivity index (χ3v) is 20.0. The fourth-order valence-corrected chi connectivity index (χ4v) is 13.4. The Labute approximate surface area is 592 Å². The monoisotopic (exact) mass is 1350 g/mol. The molecule has 564 valence electrons. The molecule has 0 aromatic heterocycles. The van der Waals surface area contributed by atoms with E-state index in [1.54, 1.807) is 0 Å². The third-order valence-electron chi connectivity index (χ3n) is 20.0. The van der Waals surface area contributed by atoms with Crippen LogP contribution in [0.2, 0.25) is 0 Å². The van der Waals surface area contributed by atoms with Crippen molar-refractivity contribution in [2.24, 2.45) is 0 Å². The molecule has 11 nitrogen and oxygen atoms in total. The van der Waals surface area contributed by atoms with Gasteiger partial charge in [0.1, 0.15) is 36.6 Å². The first-order chi connectivity index (χ1) is 47.2. The van der Waals surface area contributed by atoms with Gasteiger partial charge in [-0.2, -0.15) is 0 Å². The summed E-state index contributed by atoms with van der Waals surface area (Å²) in [5.41, 5.74) is 0. The van der Waals surface area contributed by atoms with Crippen molar-refractivity contribution in [3.8, 4) is 0 Å². The zero-order valence-corrected chi connectivity index (χ0v) is 62.9. The molecule has 0 aliphatic carbocycles. The summed E-state index contributed by atoms with van der Waals surface area (Å²) in [7, 11) is 0. The average molecular weight is 1360 g/mol. The molecular weight excluding hydrogens is 1190 g/mol. The second-order valence-corrected chi connectivity index (χ2v) is 29.2. The van der Waals surface area contributed by atoms with Gasteiger partial charge in [0, 0.05) is 0 Å². The van der Waals surface area contributed by atoms with Crippen molar-refractivity contribution in [3.05, 3.63) is 60.8 Å². The normalized spacial score (nSPS) is 18.4. The number of aliphatic hydroxyl groups excluding tert-OH is 7. The largest absolute Gasteiger partial charge is 0.394 e. The van der Waals surface area contributed by atoms with Gasteiger partial charge in [-0.05, 0) is 96.3 Å². The standard InChI is InChI=1S/C85H159NO10/c1-3-5-7-9-11-13-15-17-19-21-23-25-27-29-31-33-35-36-37-38-39-40-41-43-45-47-49-51-53-55-57-59-61-63-65-67-69-71-73-78(89)84(94)86-76(75-95-85-83(93)82(92)81(91)79(74-87)96-85)80(90)77(88)72-70-68-66-64-62-60-58-56-54-52-50-48-46-44-42-34-32-30-28-26-24-22-20-18-16-14-12-10-8-6-4-2/h35-36,38-39,48,50,56,58,64,66,76-83,85,87-93H,3-34,37,40-47,49,51-55,57,59-63,65,67-75H2,1-2H3,(H,86,94)/b36-35-,39-38-,50-48+,58-56+,66-64+. The molecule has 8 N–H and O–H groups in total. The van der Waals surface area contributed by atoms with Crippen molar-refractivity contribution in [2.45, 2.75) is 461 Å². The molecule has 9 unspecified atom stereocenters. The molecule has 11 heteroatoms.